The molecule has 2 aromatic carbocycles. The molecule has 0 aliphatic heterocycles. The van der Waals surface area contributed by atoms with E-state index in [4.69, 9.17) is 0 Å². The van der Waals surface area contributed by atoms with Crippen molar-refractivity contribution in [2.45, 2.75) is 20.4 Å². The van der Waals surface area contributed by atoms with Gasteiger partial charge < -0.3 is 0 Å². The number of nitrogens with zero attached hydrogens (tertiary/aromatic N) is 6. The number of fused-ring (bicyclic) bond motifs is 1. The van der Waals surface area contributed by atoms with Gasteiger partial charge in [-0.2, -0.15) is 5.10 Å². The monoisotopic (exact) mass is 466 g/mol. The molecule has 0 N–H and O–H groups in total. The predicted octanol–water partition coefficient (Wildman–Crippen LogP) is 4.27. The molecule has 4 aromatic rings. The van der Waals surface area contributed by atoms with Gasteiger partial charge in [0.2, 0.25) is 0 Å². The zero-order valence-electron chi connectivity index (χ0n) is 17.7. The Bertz CT molecular complexity index is 1350. The Morgan fingerprint density at radius 1 is 1.09 bits per heavy atom. The first kappa shape index (κ1) is 22.0. The van der Waals surface area contributed by atoms with Gasteiger partial charge in [0.1, 0.15) is 0 Å². The van der Waals surface area contributed by atoms with E-state index >= 15 is 0 Å². The lowest BCUT2D eigenvalue weighted by molar-refractivity contribution is -0.394. The second kappa shape index (κ2) is 8.74. The highest BCUT2D eigenvalue weighted by Gasteiger charge is 2.26. The Kier molecular flexibility index (Phi) is 5.84. The first-order valence-corrected chi connectivity index (χ1v) is 10.7. The molecule has 0 fully saturated rings. The molecule has 2 aromatic heterocycles. The van der Waals surface area contributed by atoms with Gasteiger partial charge in [0.05, 0.1) is 38.2 Å². The number of non-ortho nitro benzene ring substituents is 2. The van der Waals surface area contributed by atoms with Crippen LogP contribution >= 0.6 is 11.3 Å². The molecule has 0 bridgehead atoms. The summed E-state index contributed by atoms with van der Waals surface area (Å²) in [6, 6.07) is 8.62. The number of benzene rings is 2. The molecule has 1 amide bonds. The van der Waals surface area contributed by atoms with Gasteiger partial charge >= 0.3 is 0 Å². The maximum Gasteiger partial charge on any atom is 0.277 e. The first-order chi connectivity index (χ1) is 15.7. The number of nitro benzene ring substituents is 2. The van der Waals surface area contributed by atoms with Crippen LogP contribution in [0.1, 0.15) is 21.5 Å². The summed E-state index contributed by atoms with van der Waals surface area (Å²) >= 11 is 1.31. The zero-order valence-corrected chi connectivity index (χ0v) is 18.5. The summed E-state index contributed by atoms with van der Waals surface area (Å²) in [5.74, 6) is -0.623. The third-order valence-corrected chi connectivity index (χ3v) is 6.00. The van der Waals surface area contributed by atoms with Crippen molar-refractivity contribution in [2.24, 2.45) is 0 Å². The molecule has 0 aliphatic rings. The van der Waals surface area contributed by atoms with E-state index in [1.807, 2.05) is 26.0 Å². The summed E-state index contributed by atoms with van der Waals surface area (Å²) in [5, 5.41) is 27.1. The Hall–Kier alpha value is -4.19. The SMILES string of the molecule is Cc1cc(C)c2nc(N(CCn3cccn3)C(=O)c3cc([N+](=O)[O-])cc([N+](=O)[O-])c3)sc2c1. The molecule has 0 saturated heterocycles. The van der Waals surface area contributed by atoms with Crippen molar-refractivity contribution in [1.29, 1.82) is 0 Å². The lowest BCUT2D eigenvalue weighted by Gasteiger charge is -2.20. The quantitative estimate of drug-likeness (QED) is 0.293. The van der Waals surface area contributed by atoms with Gasteiger partial charge in [-0.3, -0.25) is 34.6 Å². The van der Waals surface area contributed by atoms with Crippen LogP contribution in [-0.4, -0.2) is 37.1 Å². The van der Waals surface area contributed by atoms with E-state index < -0.39 is 27.1 Å². The number of thiazole rings is 1. The Balaban J connectivity index is 1.79. The summed E-state index contributed by atoms with van der Waals surface area (Å²) in [5.41, 5.74) is 1.54. The van der Waals surface area contributed by atoms with Crippen molar-refractivity contribution in [3.63, 3.8) is 0 Å². The van der Waals surface area contributed by atoms with Crippen LogP contribution in [0.15, 0.2) is 48.8 Å². The van der Waals surface area contributed by atoms with Gasteiger partial charge in [-0.15, -0.1) is 0 Å². The van der Waals surface area contributed by atoms with Gasteiger partial charge in [0, 0.05) is 31.1 Å². The third-order valence-electron chi connectivity index (χ3n) is 4.98. The van der Waals surface area contributed by atoms with Crippen LogP contribution in [0, 0.1) is 34.1 Å². The summed E-state index contributed by atoms with van der Waals surface area (Å²) in [6.07, 6.45) is 3.35. The molecule has 0 saturated carbocycles. The number of hydrogen-bond donors (Lipinski definition) is 0. The maximum absolute atomic E-state index is 13.5. The molecule has 0 radical (unpaired) electrons. The molecule has 11 nitrogen and oxygen atoms in total. The number of aromatic nitrogens is 3. The number of aryl methyl sites for hydroxylation is 2. The van der Waals surface area contributed by atoms with E-state index in [2.05, 4.69) is 10.1 Å². The van der Waals surface area contributed by atoms with Crippen LogP contribution in [0.5, 0.6) is 0 Å². The van der Waals surface area contributed by atoms with E-state index in [-0.39, 0.29) is 12.1 Å². The highest BCUT2D eigenvalue weighted by Crippen LogP contribution is 2.33. The van der Waals surface area contributed by atoms with Crippen molar-refractivity contribution in [3.8, 4) is 0 Å². The number of anilines is 1. The smallest absolute Gasteiger partial charge is 0.277 e. The number of hydrogen-bond acceptors (Lipinski definition) is 8. The van der Waals surface area contributed by atoms with Gasteiger partial charge in [-0.05, 0) is 37.1 Å². The van der Waals surface area contributed by atoms with Crippen LogP contribution in [0.3, 0.4) is 0 Å². The molecule has 0 spiro atoms. The molecule has 0 unspecified atom stereocenters. The van der Waals surface area contributed by atoms with Crippen LogP contribution in [0.25, 0.3) is 10.2 Å². The van der Waals surface area contributed by atoms with Crippen molar-refractivity contribution < 1.29 is 14.6 Å². The third kappa shape index (κ3) is 4.55. The van der Waals surface area contributed by atoms with E-state index in [0.717, 1.165) is 39.5 Å². The van der Waals surface area contributed by atoms with Gasteiger partial charge in [-0.25, -0.2) is 4.98 Å². The Morgan fingerprint density at radius 2 is 1.79 bits per heavy atom. The average Bonchev–Trinajstić information content (AvgIpc) is 3.43. The minimum Gasteiger partial charge on any atom is -0.282 e. The zero-order chi connectivity index (χ0) is 23.7. The van der Waals surface area contributed by atoms with Crippen molar-refractivity contribution >= 4 is 44.0 Å². The molecular weight excluding hydrogens is 448 g/mol. The van der Waals surface area contributed by atoms with Crippen LogP contribution in [0.2, 0.25) is 0 Å². The molecule has 12 heteroatoms. The van der Waals surface area contributed by atoms with Crippen molar-refractivity contribution in [2.75, 3.05) is 11.4 Å². The lowest BCUT2D eigenvalue weighted by Crippen LogP contribution is -2.34. The van der Waals surface area contributed by atoms with E-state index in [1.54, 1.807) is 23.1 Å². The van der Waals surface area contributed by atoms with Crippen molar-refractivity contribution in [1.82, 2.24) is 14.8 Å². The predicted molar refractivity (Wildman–Crippen MR) is 123 cm³/mol. The van der Waals surface area contributed by atoms with Gasteiger partial charge in [0.25, 0.3) is 17.3 Å². The lowest BCUT2D eigenvalue weighted by atomic mass is 10.1. The molecule has 4 rings (SSSR count). The molecule has 2 heterocycles. The van der Waals surface area contributed by atoms with E-state index in [1.165, 1.54) is 16.2 Å². The molecule has 33 heavy (non-hydrogen) atoms. The topological polar surface area (TPSA) is 137 Å². The first-order valence-electron chi connectivity index (χ1n) is 9.84. The molecular formula is C21H18N6O5S. The van der Waals surface area contributed by atoms with E-state index in [0.29, 0.717) is 11.7 Å². The molecule has 0 atom stereocenters. The second-order valence-corrected chi connectivity index (χ2v) is 8.41. The highest BCUT2D eigenvalue weighted by molar-refractivity contribution is 7.22. The van der Waals surface area contributed by atoms with E-state index in [9.17, 15) is 25.0 Å². The summed E-state index contributed by atoms with van der Waals surface area (Å²) in [7, 11) is 0. The standard InChI is InChI=1S/C21H18N6O5S/c1-13-8-14(2)19-18(9-13)33-21(23-19)25(7-6-24-5-3-4-22-24)20(28)15-10-16(26(29)30)12-17(11-15)27(31)32/h3-5,8-12H,6-7H2,1-2H3. The average molecular weight is 466 g/mol. The summed E-state index contributed by atoms with van der Waals surface area (Å²) in [6.45, 7) is 4.39. The minimum absolute atomic E-state index is 0.162. The number of nitro groups is 2. The maximum atomic E-state index is 13.5. The van der Waals surface area contributed by atoms with Crippen molar-refractivity contribution in [3.05, 3.63) is 85.7 Å². The fraction of sp³-hybridized carbons (Fsp3) is 0.190. The number of carbonyl (C=O) groups is 1. The Morgan fingerprint density at radius 3 is 2.39 bits per heavy atom. The number of rotatable bonds is 7. The van der Waals surface area contributed by atoms with Crippen LogP contribution in [-0.2, 0) is 6.54 Å². The second-order valence-electron chi connectivity index (χ2n) is 7.40. The Labute approximate surface area is 191 Å². The number of carbonyl (C=O) groups excluding carboxylic acids is 1. The van der Waals surface area contributed by atoms with Crippen LogP contribution in [0.4, 0.5) is 16.5 Å². The summed E-state index contributed by atoms with van der Waals surface area (Å²) in [4.78, 5) is 40.6. The fourth-order valence-electron chi connectivity index (χ4n) is 3.48. The summed E-state index contributed by atoms with van der Waals surface area (Å²) < 4.78 is 2.53. The van der Waals surface area contributed by atoms with Gasteiger partial charge in [0.15, 0.2) is 5.13 Å². The number of amides is 1. The largest absolute Gasteiger partial charge is 0.282 e. The highest BCUT2D eigenvalue weighted by atomic mass is 32.1. The van der Waals surface area contributed by atoms with Crippen LogP contribution < -0.4 is 4.90 Å². The molecule has 0 aliphatic carbocycles. The fourth-order valence-corrected chi connectivity index (χ4v) is 4.65. The van der Waals surface area contributed by atoms with Gasteiger partial charge in [-0.1, -0.05) is 17.4 Å². The normalized spacial score (nSPS) is 11.0. The minimum atomic E-state index is -0.762. The molecule has 168 valence electrons.